The minimum Gasteiger partial charge on any atom is -0.336 e. The van der Waals surface area contributed by atoms with Crippen LogP contribution in [0.15, 0.2) is 230 Å². The number of thioether (sulfide) groups is 3. The van der Waals surface area contributed by atoms with Crippen molar-refractivity contribution in [2.75, 3.05) is 78.2 Å². The minimum atomic E-state index is -4.73. The van der Waals surface area contributed by atoms with Crippen molar-refractivity contribution >= 4 is 53.0 Å². The number of likely N-dealkylation sites (N-methyl/N-ethyl adjacent to an activating group) is 3. The highest BCUT2D eigenvalue weighted by molar-refractivity contribution is 7.98. The van der Waals surface area contributed by atoms with Gasteiger partial charge in [-0.25, -0.2) is 13.2 Å². The van der Waals surface area contributed by atoms with Crippen LogP contribution in [0.4, 0.5) is 52.7 Å². The molecule has 3 aromatic heterocycles. The molecule has 15 rings (SSSR count). The van der Waals surface area contributed by atoms with Crippen LogP contribution in [0.3, 0.4) is 0 Å². The summed E-state index contributed by atoms with van der Waals surface area (Å²) in [7, 11) is 0. The number of hydrogen-bond acceptors (Lipinski definition) is 15. The van der Waals surface area contributed by atoms with E-state index in [0.717, 1.165) is 101 Å². The molecule has 33 heteroatoms. The molecule has 0 saturated carbocycles. The van der Waals surface area contributed by atoms with Crippen molar-refractivity contribution in [1.82, 2.24) is 58.1 Å². The lowest BCUT2D eigenvalue weighted by Crippen LogP contribution is -2.40. The number of carbonyl (C=O) groups excluding carboxylic acids is 3. The molecule has 12 aromatic rings. The standard InChI is InChI=1S/3C37H40F4N4O2S/c3*1-4-43(5-2)19-20-44(22-27-11-18-31(25(3)21-27)28-12-14-29(15-13-28)37(39,40)41)34(46)23-45-33-8-6-7-32(33)35(47)42-36(45)48-24-26-9-16-30(38)17-10-26/h3*9-18,21H,4-8,19-20,22-24H2,1-3H3/i4D2,5D2,11D,18D,19D2,20D2,21D,22D2;4D2,5D2,11D,18D,21D,22D2;4D2,5D2,11D,18D,21D. The molecule has 0 radical (unpaired) electrons. The van der Waals surface area contributed by atoms with E-state index >= 15 is 0 Å². The number of benzene rings is 9. The van der Waals surface area contributed by atoms with Crippen molar-refractivity contribution in [3.8, 4) is 33.4 Å². The molecule has 3 aliphatic carbocycles. The summed E-state index contributed by atoms with van der Waals surface area (Å²) in [5.41, 5.74) is -2.08. The van der Waals surface area contributed by atoms with Gasteiger partial charge in [0.25, 0.3) is 16.7 Å². The molecule has 0 N–H and O–H groups in total. The Bertz CT molecular complexity index is 8090. The van der Waals surface area contributed by atoms with Crippen LogP contribution < -0.4 is 16.7 Å². The highest BCUT2D eigenvalue weighted by Gasteiger charge is 2.35. The van der Waals surface area contributed by atoms with E-state index in [0.29, 0.717) is 115 Å². The zero-order valence-electron chi connectivity index (χ0n) is 109. The summed E-state index contributed by atoms with van der Waals surface area (Å²) in [4.78, 5) is 99.0. The maximum atomic E-state index is 14.9. The maximum absolute atomic E-state index is 14.9. The minimum absolute atomic E-state index is 0.0359. The number of halogens is 12. The van der Waals surface area contributed by atoms with Crippen LogP contribution in [0.1, 0.15) is 201 Å². The van der Waals surface area contributed by atoms with E-state index in [2.05, 4.69) is 15.0 Å². The van der Waals surface area contributed by atoms with Crippen LogP contribution in [0.2, 0.25) is 0 Å². The molecule has 762 valence electrons. The van der Waals surface area contributed by atoms with Crippen LogP contribution in [-0.4, -0.2) is 154 Å². The first kappa shape index (κ1) is 75.8. The molecule has 0 bridgehead atoms. The molecule has 0 unspecified atom stereocenters. The molecule has 3 aliphatic rings. The number of amides is 3. The monoisotopic (exact) mass is 2070 g/mol. The van der Waals surface area contributed by atoms with E-state index in [1.807, 2.05) is 0 Å². The number of nitrogens with zero attached hydrogens (tertiary/aromatic N) is 12. The van der Waals surface area contributed by atoms with E-state index in [9.17, 15) is 89.7 Å². The van der Waals surface area contributed by atoms with E-state index in [1.165, 1.54) is 121 Å². The molecule has 0 aliphatic heterocycles. The SMILES string of the molecule is [2H]c1c([2H])c(-c2ccc(C(F)(F)F)cc2)c(C)c([2H])c1CN(CCN(C([2H])([2H])C)C([2H])([2H])C)C(=O)Cn1c(SCc2ccc(F)cc2)nc(=O)c2c1CCC2.[2H]c1c([2H])c(C([2H])([2H])N(C(=O)Cn2c(SCc3ccc(F)cc3)nc(=O)c3c2CCC3)C([2H])([2H])C([2H])([2H])N(C([2H])([2H])C)C([2H])([2H])C)c([2H])c(C)c1-c1ccc(C(F)(F)F)cc1.[2H]c1c([2H])c(C([2H])([2H])N(CCN(C([2H])([2H])C)C([2H])([2H])C)C(=O)Cn2c(SCc3ccc(F)cc3)nc(=O)c3c2CCC3)c([2H])c(C)c1-c1ccc(C(F)(F)F)cc1. The quantitative estimate of drug-likeness (QED) is 0.0202. The highest BCUT2D eigenvalue weighted by atomic mass is 32.2. The molecule has 0 atom stereocenters. The molecule has 3 amide bonds. The van der Waals surface area contributed by atoms with Gasteiger partial charge < -0.3 is 43.1 Å². The normalized spacial score (nSPS) is 16.8. The van der Waals surface area contributed by atoms with Gasteiger partial charge in [0.2, 0.25) is 17.7 Å². The second kappa shape index (κ2) is 50.3. The molecular formula is C111H120F12N12O6S3. The van der Waals surface area contributed by atoms with Crippen molar-refractivity contribution in [3.05, 3.63) is 349 Å². The van der Waals surface area contributed by atoms with Crippen LogP contribution in [0.5, 0.6) is 0 Å². The molecule has 144 heavy (non-hydrogen) atoms. The number of aromatic nitrogens is 6. The summed E-state index contributed by atoms with van der Waals surface area (Å²) >= 11 is 3.19. The topological polar surface area (TPSA) is 175 Å². The van der Waals surface area contributed by atoms with E-state index in [4.69, 9.17) is 31.5 Å². The van der Waals surface area contributed by atoms with Crippen LogP contribution in [-0.2, 0) is 128 Å². The van der Waals surface area contributed by atoms with Gasteiger partial charge in [-0.1, -0.05) is 204 Å². The van der Waals surface area contributed by atoms with Crippen molar-refractivity contribution in [1.29, 1.82) is 0 Å². The lowest BCUT2D eigenvalue weighted by Gasteiger charge is -2.28. The van der Waals surface area contributed by atoms with Gasteiger partial charge in [-0.3, -0.25) is 28.8 Å². The Hall–Kier alpha value is -11.9. The molecule has 0 fully saturated rings. The van der Waals surface area contributed by atoms with Gasteiger partial charge in [0.15, 0.2) is 15.5 Å². The fraction of sp³-hybridized carbons (Fsp3) is 0.378. The Morgan fingerprint density at radius 3 is 0.951 bits per heavy atom. The van der Waals surface area contributed by atoms with E-state index < -0.39 is 238 Å². The van der Waals surface area contributed by atoms with Crippen molar-refractivity contribution in [2.24, 2.45) is 0 Å². The average molecular weight is 2070 g/mol. The molecule has 0 spiro atoms. The maximum Gasteiger partial charge on any atom is 0.416 e. The smallest absolute Gasteiger partial charge is 0.336 e. The zero-order valence-corrected chi connectivity index (χ0v) is 82.0. The van der Waals surface area contributed by atoms with Gasteiger partial charge in [-0.15, -0.1) is 0 Å². The van der Waals surface area contributed by atoms with E-state index in [-0.39, 0.29) is 148 Å². The Morgan fingerprint density at radius 2 is 0.639 bits per heavy atom. The third-order valence-corrected chi connectivity index (χ3v) is 26.7. The zero-order chi connectivity index (χ0) is 129. The third kappa shape index (κ3) is 29.1. The Labute approximate surface area is 885 Å². The molecule has 18 nitrogen and oxygen atoms in total. The van der Waals surface area contributed by atoms with Crippen molar-refractivity contribution < 1.29 is 107 Å². The van der Waals surface area contributed by atoms with Gasteiger partial charge in [0.1, 0.15) is 37.1 Å². The second-order valence-corrected chi connectivity index (χ2v) is 35.9. The number of carbonyl (C=O) groups is 3. The van der Waals surface area contributed by atoms with Gasteiger partial charge in [0, 0.05) is 129 Å². The number of hydrogen-bond donors (Lipinski definition) is 0. The molecule has 9 aromatic carbocycles. The van der Waals surface area contributed by atoms with Crippen LogP contribution in [0.25, 0.3) is 33.4 Å². The molecule has 0 saturated heterocycles. The van der Waals surface area contributed by atoms with Gasteiger partial charge in [-0.2, -0.15) is 54.5 Å². The van der Waals surface area contributed by atoms with Crippen LogP contribution >= 0.6 is 35.3 Å². The van der Waals surface area contributed by atoms with Gasteiger partial charge in [-0.05, 0) is 274 Å². The Kier molecular flexibility index (Phi) is 26.5. The number of alkyl halides is 9. The molecular weight excluding hydrogens is 1920 g/mol. The first-order valence-electron chi connectivity index (χ1n) is 59.9. The Balaban J connectivity index is 0.000000212. The average Bonchev–Trinajstić information content (AvgIpc) is 0.768. The molecule has 3 heterocycles. The summed E-state index contributed by atoms with van der Waals surface area (Å²) in [5.74, 6) is -3.94. The predicted molar refractivity (Wildman–Crippen MR) is 544 cm³/mol. The third-order valence-electron chi connectivity index (χ3n) is 23.5. The van der Waals surface area contributed by atoms with Gasteiger partial charge >= 0.3 is 18.5 Å². The summed E-state index contributed by atoms with van der Waals surface area (Å²) in [6.07, 6.45) is -10.1. The van der Waals surface area contributed by atoms with Crippen LogP contribution in [0, 0.1) is 38.2 Å². The summed E-state index contributed by atoms with van der Waals surface area (Å²) in [6.45, 7) is -24.2. The van der Waals surface area contributed by atoms with Crippen molar-refractivity contribution in [3.63, 3.8) is 0 Å². The van der Waals surface area contributed by atoms with E-state index in [1.54, 1.807) is 28.8 Å². The first-order valence-corrected chi connectivity index (χ1v) is 48.3. The highest BCUT2D eigenvalue weighted by Crippen LogP contribution is 2.39. The lowest BCUT2D eigenvalue weighted by atomic mass is 9.97. The Morgan fingerprint density at radius 1 is 0.354 bits per heavy atom. The second-order valence-electron chi connectivity index (χ2n) is 33.0. The fourth-order valence-corrected chi connectivity index (χ4v) is 19.0. The summed E-state index contributed by atoms with van der Waals surface area (Å²) in [6, 6.07) is 22.0. The largest absolute Gasteiger partial charge is 0.416 e. The summed E-state index contributed by atoms with van der Waals surface area (Å²) < 4.78 is 419. The predicted octanol–water partition coefficient (Wildman–Crippen LogP) is 22.6. The number of fused-ring (bicyclic) bond motifs is 3. The van der Waals surface area contributed by atoms with Crippen molar-refractivity contribution in [2.45, 2.75) is 211 Å². The summed E-state index contributed by atoms with van der Waals surface area (Å²) in [5, 5.41) is 0.242. The fourth-order valence-electron chi connectivity index (χ4n) is 16.1. The lowest BCUT2D eigenvalue weighted by molar-refractivity contribution is -0.138. The van der Waals surface area contributed by atoms with Gasteiger partial charge in [0.05, 0.1) is 37.3 Å². The first-order chi connectivity index (χ1) is 79.7. The number of rotatable bonds is 39.